The Hall–Kier alpha value is -2.44. The van der Waals surface area contributed by atoms with Crippen molar-refractivity contribution < 1.29 is 14.3 Å². The van der Waals surface area contributed by atoms with Crippen LogP contribution in [0.25, 0.3) is 10.2 Å². The molecular formula is C20H22N2O3S. The fraction of sp³-hybridized carbons (Fsp3) is 0.300. The van der Waals surface area contributed by atoms with Gasteiger partial charge in [0.2, 0.25) is 5.91 Å². The van der Waals surface area contributed by atoms with Crippen LogP contribution in [-0.4, -0.2) is 30.6 Å². The first-order chi connectivity index (χ1) is 12.6. The Morgan fingerprint density at radius 2 is 2.04 bits per heavy atom. The number of aromatic nitrogens is 1. The zero-order chi connectivity index (χ0) is 18.4. The zero-order valence-corrected chi connectivity index (χ0v) is 15.8. The van der Waals surface area contributed by atoms with Crippen molar-refractivity contribution in [2.24, 2.45) is 0 Å². The van der Waals surface area contributed by atoms with E-state index in [0.717, 1.165) is 26.5 Å². The Labute approximate surface area is 157 Å². The van der Waals surface area contributed by atoms with E-state index in [-0.39, 0.29) is 12.5 Å². The molecule has 26 heavy (non-hydrogen) atoms. The molecule has 3 rings (SSSR count). The molecule has 0 saturated heterocycles. The summed E-state index contributed by atoms with van der Waals surface area (Å²) < 4.78 is 12.3. The lowest BCUT2D eigenvalue weighted by Gasteiger charge is -2.10. The molecule has 0 spiro atoms. The van der Waals surface area contributed by atoms with Gasteiger partial charge < -0.3 is 14.8 Å². The number of nitrogens with one attached hydrogen (secondary N) is 1. The minimum atomic E-state index is -0.157. The van der Waals surface area contributed by atoms with E-state index in [2.05, 4.69) is 16.4 Å². The summed E-state index contributed by atoms with van der Waals surface area (Å²) in [7, 11) is 0. The molecule has 0 bridgehead atoms. The van der Waals surface area contributed by atoms with Gasteiger partial charge in [0, 0.05) is 0 Å². The summed E-state index contributed by atoms with van der Waals surface area (Å²) in [5.41, 5.74) is 3.26. The number of ether oxygens (including phenoxy) is 2. The van der Waals surface area contributed by atoms with Crippen LogP contribution in [0.5, 0.6) is 5.75 Å². The van der Waals surface area contributed by atoms with Crippen LogP contribution >= 0.6 is 11.3 Å². The molecule has 136 valence electrons. The van der Waals surface area contributed by atoms with Crippen LogP contribution in [0.1, 0.15) is 16.1 Å². The number of hydrogen-bond acceptors (Lipinski definition) is 5. The van der Waals surface area contributed by atoms with Crippen LogP contribution < -0.4 is 10.1 Å². The van der Waals surface area contributed by atoms with Crippen LogP contribution in [0.2, 0.25) is 0 Å². The van der Waals surface area contributed by atoms with Crippen molar-refractivity contribution in [2.75, 3.05) is 19.8 Å². The molecule has 3 aromatic rings. The molecule has 1 aromatic heterocycles. The molecule has 6 heteroatoms. The molecule has 1 N–H and O–H groups in total. The van der Waals surface area contributed by atoms with E-state index < -0.39 is 0 Å². The smallest absolute Gasteiger partial charge is 0.246 e. The molecule has 5 nitrogen and oxygen atoms in total. The fourth-order valence-electron chi connectivity index (χ4n) is 2.58. The number of aryl methyl sites for hydroxylation is 2. The second kappa shape index (κ2) is 8.78. The average Bonchev–Trinajstić information content (AvgIpc) is 3.03. The Bertz CT molecular complexity index is 859. The highest BCUT2D eigenvalue weighted by molar-refractivity contribution is 7.18. The SMILES string of the molecule is Cc1ccc(OCCNC(=O)COCc2nc3ccccc3s2)c(C)c1. The van der Waals surface area contributed by atoms with Gasteiger partial charge in [-0.3, -0.25) is 4.79 Å². The number of carbonyl (C=O) groups excluding carboxylic acids is 1. The predicted molar refractivity (Wildman–Crippen MR) is 104 cm³/mol. The molecule has 1 heterocycles. The summed E-state index contributed by atoms with van der Waals surface area (Å²) in [4.78, 5) is 16.3. The summed E-state index contributed by atoms with van der Waals surface area (Å²) in [6, 6.07) is 14.0. The Kier molecular flexibility index (Phi) is 6.20. The van der Waals surface area contributed by atoms with Crippen molar-refractivity contribution in [1.29, 1.82) is 0 Å². The predicted octanol–water partition coefficient (Wildman–Crippen LogP) is 3.62. The van der Waals surface area contributed by atoms with Gasteiger partial charge in [-0.2, -0.15) is 0 Å². The van der Waals surface area contributed by atoms with Gasteiger partial charge in [0.1, 0.15) is 24.0 Å². The van der Waals surface area contributed by atoms with E-state index in [0.29, 0.717) is 19.8 Å². The first-order valence-electron chi connectivity index (χ1n) is 8.51. The van der Waals surface area contributed by atoms with E-state index in [1.54, 1.807) is 11.3 Å². The lowest BCUT2D eigenvalue weighted by atomic mass is 10.1. The zero-order valence-electron chi connectivity index (χ0n) is 15.0. The van der Waals surface area contributed by atoms with Gasteiger partial charge in [-0.05, 0) is 37.6 Å². The maximum atomic E-state index is 11.8. The third-order valence-electron chi connectivity index (χ3n) is 3.81. The summed E-state index contributed by atoms with van der Waals surface area (Å²) in [6.45, 7) is 5.28. The standard InChI is InChI=1S/C20H22N2O3S/c1-14-7-8-17(15(2)11-14)25-10-9-21-19(23)12-24-13-20-22-16-5-3-4-6-18(16)26-20/h3-8,11H,9-10,12-13H2,1-2H3,(H,21,23). The lowest BCUT2D eigenvalue weighted by Crippen LogP contribution is -2.31. The number of benzene rings is 2. The monoisotopic (exact) mass is 370 g/mol. The van der Waals surface area contributed by atoms with Gasteiger partial charge in [-0.25, -0.2) is 4.98 Å². The number of carbonyl (C=O) groups is 1. The normalized spacial score (nSPS) is 10.8. The van der Waals surface area contributed by atoms with Gasteiger partial charge in [0.05, 0.1) is 23.4 Å². The molecular weight excluding hydrogens is 348 g/mol. The van der Waals surface area contributed by atoms with Gasteiger partial charge in [-0.1, -0.05) is 29.8 Å². The van der Waals surface area contributed by atoms with Crippen molar-refractivity contribution in [3.05, 3.63) is 58.6 Å². The van der Waals surface area contributed by atoms with Crippen molar-refractivity contribution in [3.8, 4) is 5.75 Å². The lowest BCUT2D eigenvalue weighted by molar-refractivity contribution is -0.126. The molecule has 0 fully saturated rings. The summed E-state index contributed by atoms with van der Waals surface area (Å²) in [5, 5.41) is 3.66. The molecule has 1 amide bonds. The van der Waals surface area contributed by atoms with Crippen LogP contribution in [0.4, 0.5) is 0 Å². The molecule has 0 aliphatic heterocycles. The molecule has 2 aromatic carbocycles. The Morgan fingerprint density at radius 1 is 1.19 bits per heavy atom. The van der Waals surface area contributed by atoms with E-state index in [1.165, 1.54) is 5.56 Å². The topological polar surface area (TPSA) is 60.5 Å². The molecule has 0 unspecified atom stereocenters. The van der Waals surface area contributed by atoms with E-state index in [1.807, 2.05) is 50.2 Å². The molecule has 0 aliphatic rings. The highest BCUT2D eigenvalue weighted by atomic mass is 32.1. The van der Waals surface area contributed by atoms with Gasteiger partial charge in [0.15, 0.2) is 0 Å². The highest BCUT2D eigenvalue weighted by Gasteiger charge is 2.06. The van der Waals surface area contributed by atoms with Crippen LogP contribution in [0.15, 0.2) is 42.5 Å². The van der Waals surface area contributed by atoms with Gasteiger partial charge in [0.25, 0.3) is 0 Å². The van der Waals surface area contributed by atoms with Crippen LogP contribution in [-0.2, 0) is 16.1 Å². The first kappa shape index (κ1) is 18.4. The van der Waals surface area contributed by atoms with Crippen molar-refractivity contribution in [1.82, 2.24) is 10.3 Å². The van der Waals surface area contributed by atoms with Crippen molar-refractivity contribution >= 4 is 27.5 Å². The Balaban J connectivity index is 1.34. The summed E-state index contributed by atoms with van der Waals surface area (Å²) >= 11 is 1.58. The third-order valence-corrected chi connectivity index (χ3v) is 4.82. The van der Waals surface area contributed by atoms with Crippen LogP contribution in [0, 0.1) is 13.8 Å². The highest BCUT2D eigenvalue weighted by Crippen LogP contribution is 2.22. The van der Waals surface area contributed by atoms with Crippen LogP contribution in [0.3, 0.4) is 0 Å². The largest absolute Gasteiger partial charge is 0.491 e. The van der Waals surface area contributed by atoms with Crippen molar-refractivity contribution in [2.45, 2.75) is 20.5 Å². The number of para-hydroxylation sites is 1. The quantitative estimate of drug-likeness (QED) is 0.615. The number of rotatable bonds is 8. The average molecular weight is 370 g/mol. The number of nitrogens with zero attached hydrogens (tertiary/aromatic N) is 1. The minimum Gasteiger partial charge on any atom is -0.491 e. The molecule has 0 atom stereocenters. The summed E-state index contributed by atoms with van der Waals surface area (Å²) in [6.07, 6.45) is 0. The summed E-state index contributed by atoms with van der Waals surface area (Å²) in [5.74, 6) is 0.687. The third kappa shape index (κ3) is 5.03. The van der Waals surface area contributed by atoms with E-state index in [9.17, 15) is 4.79 Å². The minimum absolute atomic E-state index is 0.0134. The molecule has 0 saturated carbocycles. The van der Waals surface area contributed by atoms with Crippen molar-refractivity contribution in [3.63, 3.8) is 0 Å². The molecule has 0 radical (unpaired) electrons. The molecule has 0 aliphatic carbocycles. The van der Waals surface area contributed by atoms with Gasteiger partial charge in [-0.15, -0.1) is 11.3 Å². The Morgan fingerprint density at radius 3 is 2.85 bits per heavy atom. The number of fused-ring (bicyclic) bond motifs is 1. The first-order valence-corrected chi connectivity index (χ1v) is 9.32. The van der Waals surface area contributed by atoms with E-state index >= 15 is 0 Å². The fourth-order valence-corrected chi connectivity index (χ4v) is 3.48. The second-order valence-electron chi connectivity index (χ2n) is 6.04. The number of thiazole rings is 1. The number of amides is 1. The maximum Gasteiger partial charge on any atom is 0.246 e. The number of hydrogen-bond donors (Lipinski definition) is 1. The van der Waals surface area contributed by atoms with Gasteiger partial charge >= 0.3 is 0 Å². The van der Waals surface area contributed by atoms with E-state index in [4.69, 9.17) is 9.47 Å². The maximum absolute atomic E-state index is 11.8. The second-order valence-corrected chi connectivity index (χ2v) is 7.15.